The quantitative estimate of drug-likeness (QED) is 0.676. The zero-order valence-corrected chi connectivity index (χ0v) is 17.9. The Morgan fingerprint density at radius 2 is 2.07 bits per heavy atom. The van der Waals surface area contributed by atoms with Gasteiger partial charge < -0.3 is 4.74 Å². The minimum atomic E-state index is -3.81. The summed E-state index contributed by atoms with van der Waals surface area (Å²) < 4.78 is 48.6. The second kappa shape index (κ2) is 9.62. The van der Waals surface area contributed by atoms with Crippen molar-refractivity contribution in [2.24, 2.45) is 0 Å². The molecular weight excluding hydrogens is 425 g/mol. The third kappa shape index (κ3) is 5.29. The molecule has 1 unspecified atom stereocenters. The molecule has 1 atom stereocenters. The Morgan fingerprint density at radius 3 is 2.71 bits per heavy atom. The summed E-state index contributed by atoms with van der Waals surface area (Å²) in [6.07, 6.45) is 0. The molecule has 10 heteroatoms. The van der Waals surface area contributed by atoms with Gasteiger partial charge in [-0.25, -0.2) is 9.11 Å². The highest BCUT2D eigenvalue weighted by Gasteiger charge is 2.27. The third-order valence-corrected chi connectivity index (χ3v) is 7.48. The van der Waals surface area contributed by atoms with Gasteiger partial charge in [0.2, 0.25) is 0 Å². The van der Waals surface area contributed by atoms with Crippen LogP contribution in [0.4, 0.5) is 4.39 Å². The zero-order chi connectivity index (χ0) is 20.1. The van der Waals surface area contributed by atoms with Crippen molar-refractivity contribution >= 4 is 33.1 Å². The van der Waals surface area contributed by atoms with Crippen LogP contribution in [0.3, 0.4) is 0 Å². The molecule has 1 aromatic carbocycles. The molecule has 3 rings (SSSR count). The molecule has 1 aliphatic heterocycles. The maximum atomic E-state index is 14.0. The van der Waals surface area contributed by atoms with Gasteiger partial charge in [-0.05, 0) is 23.6 Å². The van der Waals surface area contributed by atoms with E-state index in [1.807, 2.05) is 17.5 Å². The van der Waals surface area contributed by atoms with Gasteiger partial charge in [-0.3, -0.25) is 4.90 Å². The Kier molecular flexibility index (Phi) is 7.43. The molecule has 1 fully saturated rings. The fourth-order valence-corrected chi connectivity index (χ4v) is 5.04. The number of thiophene rings is 1. The first-order valence-corrected chi connectivity index (χ1v) is 11.6. The Hall–Kier alpha value is -1.07. The SMILES string of the molecule is CN(Cc1c(F)cccc1Cl)S(=O)(=O)NCC(c1cccs1)N1CCOCC1. The van der Waals surface area contributed by atoms with Gasteiger partial charge >= 0.3 is 0 Å². The number of halogens is 2. The Morgan fingerprint density at radius 1 is 1.32 bits per heavy atom. The number of nitrogens with one attached hydrogen (secondary N) is 1. The first-order valence-electron chi connectivity index (χ1n) is 8.87. The lowest BCUT2D eigenvalue weighted by atomic mass is 10.2. The van der Waals surface area contributed by atoms with Crippen molar-refractivity contribution in [2.75, 3.05) is 39.9 Å². The molecule has 1 aromatic heterocycles. The maximum Gasteiger partial charge on any atom is 0.279 e. The van der Waals surface area contributed by atoms with Crippen molar-refractivity contribution in [1.29, 1.82) is 0 Å². The van der Waals surface area contributed by atoms with Gasteiger partial charge in [0.15, 0.2) is 0 Å². The van der Waals surface area contributed by atoms with E-state index in [0.29, 0.717) is 13.2 Å². The standard InChI is InChI=1S/C18H23ClFN3O3S2/c1-22(13-14-15(19)4-2-5-16(14)20)28(24,25)21-12-17(18-6-3-11-27-18)23-7-9-26-10-8-23/h2-6,11,17,21H,7-10,12-13H2,1H3. The van der Waals surface area contributed by atoms with Crippen molar-refractivity contribution in [3.8, 4) is 0 Å². The van der Waals surface area contributed by atoms with E-state index in [0.717, 1.165) is 22.3 Å². The summed E-state index contributed by atoms with van der Waals surface area (Å²) >= 11 is 7.61. The molecule has 2 heterocycles. The molecule has 2 aromatic rings. The molecule has 1 saturated heterocycles. The predicted octanol–water partition coefficient (Wildman–Crippen LogP) is 2.88. The molecule has 0 bridgehead atoms. The summed E-state index contributed by atoms with van der Waals surface area (Å²) in [5.74, 6) is -0.528. The Labute approximate surface area is 174 Å². The van der Waals surface area contributed by atoms with Crippen molar-refractivity contribution in [1.82, 2.24) is 13.9 Å². The summed E-state index contributed by atoms with van der Waals surface area (Å²) in [6, 6.07) is 8.17. The van der Waals surface area contributed by atoms with Gasteiger partial charge in [-0.1, -0.05) is 23.7 Å². The number of morpholine rings is 1. The average molecular weight is 448 g/mol. The number of ether oxygens (including phenoxy) is 1. The Bertz CT molecular complexity index is 854. The highest BCUT2D eigenvalue weighted by atomic mass is 35.5. The monoisotopic (exact) mass is 447 g/mol. The van der Waals surface area contributed by atoms with Gasteiger partial charge in [0, 0.05) is 48.7 Å². The van der Waals surface area contributed by atoms with Crippen LogP contribution in [-0.4, -0.2) is 57.5 Å². The van der Waals surface area contributed by atoms with Crippen LogP contribution in [0.2, 0.25) is 5.02 Å². The van der Waals surface area contributed by atoms with Crippen LogP contribution in [0.25, 0.3) is 0 Å². The number of hydrogen-bond acceptors (Lipinski definition) is 5. The van der Waals surface area contributed by atoms with Gasteiger partial charge in [-0.15, -0.1) is 11.3 Å². The summed E-state index contributed by atoms with van der Waals surface area (Å²) in [5, 5.41) is 2.18. The molecule has 0 amide bonds. The fraction of sp³-hybridized carbons (Fsp3) is 0.444. The molecule has 154 valence electrons. The highest BCUT2D eigenvalue weighted by molar-refractivity contribution is 7.87. The lowest BCUT2D eigenvalue weighted by Crippen LogP contribution is -2.46. The molecular formula is C18H23ClFN3O3S2. The summed E-state index contributed by atoms with van der Waals surface area (Å²) in [4.78, 5) is 3.30. The van der Waals surface area contributed by atoms with Gasteiger partial charge in [0.1, 0.15) is 5.82 Å². The molecule has 1 aliphatic rings. The minimum Gasteiger partial charge on any atom is -0.379 e. The van der Waals surface area contributed by atoms with Crippen molar-refractivity contribution in [3.63, 3.8) is 0 Å². The van der Waals surface area contributed by atoms with Crippen LogP contribution in [0.15, 0.2) is 35.7 Å². The first-order chi connectivity index (χ1) is 13.4. The summed E-state index contributed by atoms with van der Waals surface area (Å²) in [7, 11) is -2.41. The largest absolute Gasteiger partial charge is 0.379 e. The van der Waals surface area contributed by atoms with Gasteiger partial charge in [0.25, 0.3) is 10.2 Å². The van der Waals surface area contributed by atoms with E-state index in [1.54, 1.807) is 17.4 Å². The Balaban J connectivity index is 1.69. The third-order valence-electron chi connectivity index (χ3n) is 4.67. The number of nitrogens with zero attached hydrogens (tertiary/aromatic N) is 2. The van der Waals surface area contributed by atoms with Crippen molar-refractivity contribution < 1.29 is 17.5 Å². The van der Waals surface area contributed by atoms with E-state index in [9.17, 15) is 12.8 Å². The first kappa shape index (κ1) is 21.6. The van der Waals surface area contributed by atoms with Crippen LogP contribution >= 0.6 is 22.9 Å². The topological polar surface area (TPSA) is 61.9 Å². The molecule has 0 radical (unpaired) electrons. The van der Waals surface area contributed by atoms with Crippen molar-refractivity contribution in [3.05, 3.63) is 57.0 Å². The van der Waals surface area contributed by atoms with E-state index >= 15 is 0 Å². The molecule has 1 N–H and O–H groups in total. The predicted molar refractivity (Wildman–Crippen MR) is 109 cm³/mol. The van der Waals surface area contributed by atoms with E-state index in [4.69, 9.17) is 16.3 Å². The lowest BCUT2D eigenvalue weighted by molar-refractivity contribution is 0.0178. The molecule has 6 nitrogen and oxygen atoms in total. The van der Waals surface area contributed by atoms with E-state index < -0.39 is 16.0 Å². The number of hydrogen-bond donors (Lipinski definition) is 1. The van der Waals surface area contributed by atoms with E-state index in [1.165, 1.54) is 19.2 Å². The highest BCUT2D eigenvalue weighted by Crippen LogP contribution is 2.26. The van der Waals surface area contributed by atoms with Crippen LogP contribution in [0, 0.1) is 5.82 Å². The summed E-state index contributed by atoms with van der Waals surface area (Å²) in [5.41, 5.74) is 0.153. The number of benzene rings is 1. The lowest BCUT2D eigenvalue weighted by Gasteiger charge is -2.34. The van der Waals surface area contributed by atoms with Crippen molar-refractivity contribution in [2.45, 2.75) is 12.6 Å². The molecule has 0 aliphatic carbocycles. The minimum absolute atomic E-state index is 0.0795. The van der Waals surface area contributed by atoms with E-state index in [-0.39, 0.29) is 29.7 Å². The zero-order valence-electron chi connectivity index (χ0n) is 15.5. The molecule has 0 spiro atoms. The maximum absolute atomic E-state index is 14.0. The van der Waals surface area contributed by atoms with Gasteiger partial charge in [-0.2, -0.15) is 12.7 Å². The second-order valence-corrected chi connectivity index (χ2v) is 9.74. The smallest absolute Gasteiger partial charge is 0.279 e. The normalized spacial score (nSPS) is 17.1. The molecule has 28 heavy (non-hydrogen) atoms. The van der Waals surface area contributed by atoms with E-state index in [2.05, 4.69) is 9.62 Å². The second-order valence-electron chi connectivity index (χ2n) is 6.49. The summed E-state index contributed by atoms with van der Waals surface area (Å²) in [6.45, 7) is 2.80. The van der Waals surface area contributed by atoms with Gasteiger partial charge in [0.05, 0.1) is 19.3 Å². The van der Waals surface area contributed by atoms with Crippen LogP contribution < -0.4 is 4.72 Å². The fourth-order valence-electron chi connectivity index (χ4n) is 3.07. The van der Waals surface area contributed by atoms with Crippen LogP contribution in [0.1, 0.15) is 16.5 Å². The van der Waals surface area contributed by atoms with Crippen LogP contribution in [0.5, 0.6) is 0 Å². The number of rotatable bonds is 8. The van der Waals surface area contributed by atoms with Crippen LogP contribution in [-0.2, 0) is 21.5 Å². The molecule has 0 saturated carbocycles. The average Bonchev–Trinajstić information content (AvgIpc) is 3.20.